The molecule has 0 amide bonds. The van der Waals surface area contributed by atoms with Crippen molar-refractivity contribution in [3.63, 3.8) is 0 Å². The van der Waals surface area contributed by atoms with Crippen LogP contribution in [0.3, 0.4) is 0 Å². The Morgan fingerprint density at radius 3 is 2.38 bits per heavy atom. The monoisotopic (exact) mass is 249 g/mol. The Balaban J connectivity index is 2.56. The van der Waals surface area contributed by atoms with Gasteiger partial charge in [-0.15, -0.1) is 0 Å². The van der Waals surface area contributed by atoms with Crippen molar-refractivity contribution >= 4 is 16.0 Å². The Labute approximate surface area is 96.5 Å². The molecule has 0 saturated heterocycles. The van der Waals surface area contributed by atoms with Crippen molar-refractivity contribution in [2.45, 2.75) is 44.6 Å². The summed E-state index contributed by atoms with van der Waals surface area (Å²) in [5.74, 6) is -1.37. The van der Waals surface area contributed by atoms with Gasteiger partial charge in [-0.05, 0) is 12.8 Å². The van der Waals surface area contributed by atoms with Crippen LogP contribution in [-0.4, -0.2) is 42.6 Å². The maximum atomic E-state index is 11.8. The SMILES string of the molecule is CN(C1CCCCC1)S(=O)(=O)CCC(=O)O. The van der Waals surface area contributed by atoms with Crippen LogP contribution in [0.2, 0.25) is 0 Å². The fourth-order valence-electron chi connectivity index (χ4n) is 2.03. The molecule has 0 aromatic carbocycles. The number of hydrogen-bond acceptors (Lipinski definition) is 3. The van der Waals surface area contributed by atoms with Crippen molar-refractivity contribution in [2.24, 2.45) is 0 Å². The number of carboxylic acids is 1. The zero-order chi connectivity index (χ0) is 12.2. The van der Waals surface area contributed by atoms with Gasteiger partial charge in [0.2, 0.25) is 10.0 Å². The molecule has 0 bridgehead atoms. The van der Waals surface area contributed by atoms with Gasteiger partial charge in [-0.25, -0.2) is 12.7 Å². The summed E-state index contributed by atoms with van der Waals surface area (Å²) < 4.78 is 25.0. The first-order valence-electron chi connectivity index (χ1n) is 5.61. The van der Waals surface area contributed by atoms with Crippen molar-refractivity contribution in [3.05, 3.63) is 0 Å². The minimum absolute atomic E-state index is 0.0625. The number of hydrogen-bond donors (Lipinski definition) is 1. The first-order chi connectivity index (χ1) is 7.43. The molecule has 1 aliphatic carbocycles. The summed E-state index contributed by atoms with van der Waals surface area (Å²) in [6.45, 7) is 0. The summed E-state index contributed by atoms with van der Waals surface area (Å²) in [4.78, 5) is 10.4. The Kier molecular flexibility index (Phi) is 4.73. The molecular weight excluding hydrogens is 230 g/mol. The van der Waals surface area contributed by atoms with Gasteiger partial charge >= 0.3 is 5.97 Å². The Bertz CT molecular complexity index is 333. The Morgan fingerprint density at radius 2 is 1.88 bits per heavy atom. The number of rotatable bonds is 5. The molecule has 1 N–H and O–H groups in total. The molecule has 0 unspecified atom stereocenters. The molecule has 0 atom stereocenters. The van der Waals surface area contributed by atoms with Crippen LogP contribution in [0.4, 0.5) is 0 Å². The Hall–Kier alpha value is -0.620. The van der Waals surface area contributed by atoms with Crippen LogP contribution in [0.1, 0.15) is 38.5 Å². The average molecular weight is 249 g/mol. The first kappa shape index (κ1) is 13.4. The van der Waals surface area contributed by atoms with E-state index in [2.05, 4.69) is 0 Å². The zero-order valence-corrected chi connectivity index (χ0v) is 10.4. The van der Waals surface area contributed by atoms with Gasteiger partial charge in [-0.1, -0.05) is 19.3 Å². The van der Waals surface area contributed by atoms with E-state index in [1.54, 1.807) is 7.05 Å². The fraction of sp³-hybridized carbons (Fsp3) is 0.900. The minimum atomic E-state index is -3.40. The van der Waals surface area contributed by atoms with Gasteiger partial charge in [-0.3, -0.25) is 4.79 Å². The van der Waals surface area contributed by atoms with Gasteiger partial charge in [0.1, 0.15) is 0 Å². The highest BCUT2D eigenvalue weighted by Gasteiger charge is 2.27. The lowest BCUT2D eigenvalue weighted by atomic mass is 9.96. The van der Waals surface area contributed by atoms with E-state index in [9.17, 15) is 13.2 Å². The molecular formula is C10H19NO4S. The zero-order valence-electron chi connectivity index (χ0n) is 9.55. The number of carboxylic acid groups (broad SMARTS) is 1. The fourth-order valence-corrected chi connectivity index (χ4v) is 3.42. The molecule has 1 fully saturated rings. The summed E-state index contributed by atoms with van der Waals surface area (Å²) in [5.41, 5.74) is 0. The molecule has 1 aliphatic rings. The van der Waals surface area contributed by atoms with E-state index in [0.717, 1.165) is 25.7 Å². The lowest BCUT2D eigenvalue weighted by Gasteiger charge is -2.30. The van der Waals surface area contributed by atoms with Crippen molar-refractivity contribution in [1.29, 1.82) is 0 Å². The second kappa shape index (κ2) is 5.63. The molecule has 1 saturated carbocycles. The predicted octanol–water partition coefficient (Wildman–Crippen LogP) is 1.06. The van der Waals surface area contributed by atoms with Gasteiger partial charge < -0.3 is 5.11 Å². The Morgan fingerprint density at radius 1 is 1.31 bits per heavy atom. The third-order valence-electron chi connectivity index (χ3n) is 3.10. The van der Waals surface area contributed by atoms with Crippen molar-refractivity contribution in [2.75, 3.05) is 12.8 Å². The highest BCUT2D eigenvalue weighted by molar-refractivity contribution is 7.89. The predicted molar refractivity (Wildman–Crippen MR) is 60.7 cm³/mol. The van der Waals surface area contributed by atoms with E-state index in [-0.39, 0.29) is 18.2 Å². The quantitative estimate of drug-likeness (QED) is 0.790. The van der Waals surface area contributed by atoms with E-state index in [1.807, 2.05) is 0 Å². The molecule has 5 nitrogen and oxygen atoms in total. The number of carbonyl (C=O) groups is 1. The molecule has 1 rings (SSSR count). The smallest absolute Gasteiger partial charge is 0.304 e. The summed E-state index contributed by atoms with van der Waals surface area (Å²) in [5, 5.41) is 8.49. The van der Waals surface area contributed by atoms with Crippen molar-refractivity contribution in [3.8, 4) is 0 Å². The molecule has 94 valence electrons. The number of nitrogens with zero attached hydrogens (tertiary/aromatic N) is 1. The van der Waals surface area contributed by atoms with E-state index in [0.29, 0.717) is 0 Å². The van der Waals surface area contributed by atoms with Crippen LogP contribution in [0.25, 0.3) is 0 Å². The van der Waals surface area contributed by atoms with Crippen LogP contribution in [0.5, 0.6) is 0 Å². The van der Waals surface area contributed by atoms with E-state index in [4.69, 9.17) is 5.11 Å². The average Bonchev–Trinajstić information content (AvgIpc) is 2.27. The molecule has 0 aliphatic heterocycles. The van der Waals surface area contributed by atoms with Gasteiger partial charge in [0.05, 0.1) is 12.2 Å². The highest BCUT2D eigenvalue weighted by atomic mass is 32.2. The molecule has 0 heterocycles. The van der Waals surface area contributed by atoms with Gasteiger partial charge in [0.25, 0.3) is 0 Å². The summed E-state index contributed by atoms with van der Waals surface area (Å²) >= 11 is 0. The molecule has 0 aromatic heterocycles. The molecule has 0 spiro atoms. The highest BCUT2D eigenvalue weighted by Crippen LogP contribution is 2.23. The largest absolute Gasteiger partial charge is 0.481 e. The normalized spacial score (nSPS) is 18.9. The van der Waals surface area contributed by atoms with Crippen LogP contribution in [0.15, 0.2) is 0 Å². The van der Waals surface area contributed by atoms with Crippen molar-refractivity contribution < 1.29 is 18.3 Å². The summed E-state index contributed by atoms with van der Waals surface area (Å²) in [7, 11) is -1.84. The lowest BCUT2D eigenvalue weighted by molar-refractivity contribution is -0.136. The second-order valence-electron chi connectivity index (χ2n) is 4.27. The maximum Gasteiger partial charge on any atom is 0.304 e. The molecule has 6 heteroatoms. The standard InChI is InChI=1S/C10H19NO4S/c1-11(9-5-3-2-4-6-9)16(14,15)8-7-10(12)13/h9H,2-8H2,1H3,(H,12,13). The topological polar surface area (TPSA) is 74.7 Å². The van der Waals surface area contributed by atoms with Gasteiger partial charge in [-0.2, -0.15) is 0 Å². The van der Waals surface area contributed by atoms with Crippen LogP contribution in [0, 0.1) is 0 Å². The van der Waals surface area contributed by atoms with Crippen LogP contribution >= 0.6 is 0 Å². The second-order valence-corrected chi connectivity index (χ2v) is 6.42. The maximum absolute atomic E-state index is 11.8. The van der Waals surface area contributed by atoms with Crippen LogP contribution < -0.4 is 0 Å². The number of sulfonamides is 1. The summed E-state index contributed by atoms with van der Waals surface area (Å²) in [6.07, 6.45) is 4.75. The van der Waals surface area contributed by atoms with Crippen LogP contribution in [-0.2, 0) is 14.8 Å². The summed E-state index contributed by atoms with van der Waals surface area (Å²) in [6, 6.07) is 0.0625. The van der Waals surface area contributed by atoms with Gasteiger partial charge in [0.15, 0.2) is 0 Å². The third kappa shape index (κ3) is 3.75. The van der Waals surface area contributed by atoms with E-state index >= 15 is 0 Å². The molecule has 0 aromatic rings. The van der Waals surface area contributed by atoms with Gasteiger partial charge in [0, 0.05) is 13.1 Å². The first-order valence-corrected chi connectivity index (χ1v) is 7.22. The van der Waals surface area contributed by atoms with E-state index in [1.165, 1.54) is 10.7 Å². The molecule has 0 radical (unpaired) electrons. The lowest BCUT2D eigenvalue weighted by Crippen LogP contribution is -2.39. The molecule has 16 heavy (non-hydrogen) atoms. The number of aliphatic carboxylic acids is 1. The third-order valence-corrected chi connectivity index (χ3v) is 5.00. The van der Waals surface area contributed by atoms with E-state index < -0.39 is 16.0 Å². The van der Waals surface area contributed by atoms with Crippen molar-refractivity contribution in [1.82, 2.24) is 4.31 Å². The minimum Gasteiger partial charge on any atom is -0.481 e.